The molecule has 3 rings (SSSR count). The van der Waals surface area contributed by atoms with Crippen molar-refractivity contribution in [2.45, 2.75) is 0 Å². The topological polar surface area (TPSA) is 94.9 Å². The van der Waals surface area contributed by atoms with E-state index in [1.54, 1.807) is 12.1 Å². The normalized spacial score (nSPS) is 15.7. The summed E-state index contributed by atoms with van der Waals surface area (Å²) in [6.45, 7) is 0. The van der Waals surface area contributed by atoms with E-state index in [0.717, 1.165) is 3.57 Å². The second kappa shape index (κ2) is 6.13. The van der Waals surface area contributed by atoms with Crippen molar-refractivity contribution in [2.24, 2.45) is 4.99 Å². The van der Waals surface area contributed by atoms with Gasteiger partial charge in [0.1, 0.15) is 10.7 Å². The van der Waals surface area contributed by atoms with Crippen LogP contribution in [0.2, 0.25) is 5.02 Å². The zero-order chi connectivity index (χ0) is 16.6. The molecule has 7 nitrogen and oxygen atoms in total. The van der Waals surface area contributed by atoms with E-state index in [1.807, 2.05) is 6.07 Å². The van der Waals surface area contributed by atoms with Crippen LogP contribution in [0.3, 0.4) is 0 Å². The number of hydrogen-bond acceptors (Lipinski definition) is 6. The molecule has 2 heterocycles. The van der Waals surface area contributed by atoms with E-state index in [0.29, 0.717) is 10.6 Å². The first kappa shape index (κ1) is 15.7. The Morgan fingerprint density at radius 1 is 1.30 bits per heavy atom. The van der Waals surface area contributed by atoms with Crippen LogP contribution in [0, 0.1) is 13.7 Å². The van der Waals surface area contributed by atoms with Gasteiger partial charge in [-0.15, -0.1) is 0 Å². The fraction of sp³-hybridized carbons (Fsp3) is 0. The summed E-state index contributed by atoms with van der Waals surface area (Å²) >= 11 is 8.18. The van der Waals surface area contributed by atoms with Gasteiger partial charge >= 0.3 is 11.9 Å². The maximum Gasteiger partial charge on any atom is 0.433 e. The highest BCUT2D eigenvalue weighted by Crippen LogP contribution is 2.26. The van der Waals surface area contributed by atoms with E-state index in [4.69, 9.17) is 20.8 Å². The first-order valence-corrected chi connectivity index (χ1v) is 7.62. The number of cyclic esters (lactones) is 1. The smallest absolute Gasteiger partial charge is 0.402 e. The molecule has 2 aromatic rings. The van der Waals surface area contributed by atoms with Crippen molar-refractivity contribution in [1.82, 2.24) is 0 Å². The summed E-state index contributed by atoms with van der Waals surface area (Å²) in [5.41, 5.74) is 0.458. The summed E-state index contributed by atoms with van der Waals surface area (Å²) in [6.07, 6.45) is 1.27. The van der Waals surface area contributed by atoms with E-state index in [9.17, 15) is 14.9 Å². The van der Waals surface area contributed by atoms with Crippen LogP contribution in [0.4, 0.5) is 5.88 Å². The van der Waals surface area contributed by atoms with Crippen LogP contribution in [0.15, 0.2) is 45.4 Å². The van der Waals surface area contributed by atoms with Crippen LogP contribution in [-0.4, -0.2) is 16.8 Å². The Morgan fingerprint density at radius 2 is 2.09 bits per heavy atom. The molecule has 0 fully saturated rings. The number of benzene rings is 1. The van der Waals surface area contributed by atoms with Gasteiger partial charge < -0.3 is 9.15 Å². The number of halogens is 2. The number of nitrogens with zero attached hydrogens (tertiary/aromatic N) is 2. The minimum Gasteiger partial charge on any atom is -0.402 e. The Morgan fingerprint density at radius 3 is 2.78 bits per heavy atom. The number of esters is 1. The van der Waals surface area contributed by atoms with E-state index in [-0.39, 0.29) is 17.4 Å². The van der Waals surface area contributed by atoms with Crippen LogP contribution in [0.25, 0.3) is 6.08 Å². The number of rotatable bonds is 3. The maximum absolute atomic E-state index is 11.9. The molecule has 23 heavy (non-hydrogen) atoms. The summed E-state index contributed by atoms with van der Waals surface area (Å²) in [6, 6.07) is 7.77. The molecule has 1 aromatic heterocycles. The lowest BCUT2D eigenvalue weighted by molar-refractivity contribution is -0.402. The van der Waals surface area contributed by atoms with Gasteiger partial charge in [0.2, 0.25) is 5.90 Å². The largest absolute Gasteiger partial charge is 0.433 e. The Kier molecular flexibility index (Phi) is 4.18. The molecule has 1 aliphatic heterocycles. The monoisotopic (exact) mass is 444 g/mol. The van der Waals surface area contributed by atoms with Crippen LogP contribution < -0.4 is 0 Å². The van der Waals surface area contributed by atoms with Crippen molar-refractivity contribution in [2.75, 3.05) is 0 Å². The second-order valence-electron chi connectivity index (χ2n) is 4.39. The molecule has 0 unspecified atom stereocenters. The third kappa shape index (κ3) is 3.27. The average Bonchev–Trinajstić information content (AvgIpc) is 3.10. The number of carbonyl (C=O) groups excluding carboxylic acids is 1. The molecule has 0 radical (unpaired) electrons. The lowest BCUT2D eigenvalue weighted by Crippen LogP contribution is -2.06. The maximum atomic E-state index is 11.9. The standard InChI is InChI=1S/C14H6ClIN2O5/c15-10-3-1-7(16)5-9(10)13-17-11(14(19)23-13)6-8-2-4-12(22-8)18(20)21/h1-6H/b11-6-. The number of aliphatic imine (C=N–C) groups is 1. The molecular weight excluding hydrogens is 439 g/mol. The van der Waals surface area contributed by atoms with Crippen molar-refractivity contribution in [3.8, 4) is 0 Å². The predicted octanol–water partition coefficient (Wildman–Crippen LogP) is 3.79. The number of ether oxygens (including phenoxy) is 1. The Balaban J connectivity index is 1.96. The van der Waals surface area contributed by atoms with Crippen LogP contribution in [0.5, 0.6) is 0 Å². The molecule has 0 aliphatic carbocycles. The fourth-order valence-electron chi connectivity index (χ4n) is 1.84. The first-order valence-electron chi connectivity index (χ1n) is 6.16. The molecule has 0 saturated carbocycles. The van der Waals surface area contributed by atoms with Crippen molar-refractivity contribution >= 4 is 58.0 Å². The van der Waals surface area contributed by atoms with Crippen LogP contribution in [0.1, 0.15) is 11.3 Å². The highest BCUT2D eigenvalue weighted by Gasteiger charge is 2.26. The van der Waals surface area contributed by atoms with Crippen LogP contribution in [-0.2, 0) is 9.53 Å². The molecule has 1 aliphatic rings. The quantitative estimate of drug-likeness (QED) is 0.236. The third-order valence-corrected chi connectivity index (χ3v) is 3.85. The molecule has 1 aromatic carbocycles. The number of carbonyl (C=O) groups is 1. The van der Waals surface area contributed by atoms with E-state index >= 15 is 0 Å². The molecule has 116 valence electrons. The van der Waals surface area contributed by atoms with Gasteiger partial charge in [-0.1, -0.05) is 11.6 Å². The second-order valence-corrected chi connectivity index (χ2v) is 6.05. The van der Waals surface area contributed by atoms with E-state index < -0.39 is 16.8 Å². The molecule has 0 N–H and O–H groups in total. The molecule has 0 spiro atoms. The van der Waals surface area contributed by atoms with Crippen molar-refractivity contribution in [1.29, 1.82) is 0 Å². The highest BCUT2D eigenvalue weighted by atomic mass is 127. The van der Waals surface area contributed by atoms with Gasteiger partial charge in [-0.25, -0.2) is 9.79 Å². The fourth-order valence-corrected chi connectivity index (χ4v) is 2.53. The summed E-state index contributed by atoms with van der Waals surface area (Å²) in [5, 5.41) is 11.0. The first-order chi connectivity index (χ1) is 10.9. The van der Waals surface area contributed by atoms with Gasteiger partial charge in [-0.2, -0.15) is 0 Å². The summed E-state index contributed by atoms with van der Waals surface area (Å²) < 4.78 is 11.0. The zero-order valence-electron chi connectivity index (χ0n) is 11.2. The lowest BCUT2D eigenvalue weighted by atomic mass is 10.2. The summed E-state index contributed by atoms with van der Waals surface area (Å²) in [4.78, 5) is 25.9. The number of nitro groups is 1. The lowest BCUT2D eigenvalue weighted by Gasteiger charge is -2.02. The minimum atomic E-state index is -0.686. The highest BCUT2D eigenvalue weighted by molar-refractivity contribution is 14.1. The van der Waals surface area contributed by atoms with Crippen molar-refractivity contribution < 1.29 is 18.9 Å². The molecule has 0 amide bonds. The van der Waals surface area contributed by atoms with Gasteiger partial charge in [0.05, 0.1) is 16.7 Å². The number of hydrogen-bond donors (Lipinski definition) is 0. The molecule has 0 bridgehead atoms. The number of furan rings is 1. The van der Waals surface area contributed by atoms with Crippen LogP contribution >= 0.6 is 34.2 Å². The Hall–Kier alpha value is -2.20. The summed E-state index contributed by atoms with van der Waals surface area (Å²) in [7, 11) is 0. The Bertz CT molecular complexity index is 887. The van der Waals surface area contributed by atoms with Gasteiger partial charge in [-0.3, -0.25) is 10.1 Å². The van der Waals surface area contributed by atoms with Crippen molar-refractivity contribution in [3.63, 3.8) is 0 Å². The molecule has 0 saturated heterocycles. The SMILES string of the molecule is O=C1OC(c2cc(I)ccc2Cl)=N/C1=C\c1ccc([N+](=O)[O-])o1. The molecule has 9 heteroatoms. The summed E-state index contributed by atoms with van der Waals surface area (Å²) in [5.74, 6) is -0.907. The molecule has 0 atom stereocenters. The Labute approximate surface area is 147 Å². The minimum absolute atomic E-state index is 0.0285. The zero-order valence-corrected chi connectivity index (χ0v) is 14.1. The predicted molar refractivity (Wildman–Crippen MR) is 90.1 cm³/mol. The van der Waals surface area contributed by atoms with Crippen molar-refractivity contribution in [3.05, 3.63) is 66.1 Å². The molecular formula is C14H6ClIN2O5. The third-order valence-electron chi connectivity index (χ3n) is 2.85. The van der Waals surface area contributed by atoms with Gasteiger partial charge in [0.15, 0.2) is 5.70 Å². The van der Waals surface area contributed by atoms with E-state index in [2.05, 4.69) is 27.6 Å². The average molecular weight is 445 g/mol. The van der Waals surface area contributed by atoms with Gasteiger partial charge in [0, 0.05) is 9.65 Å². The van der Waals surface area contributed by atoms with Gasteiger partial charge in [-0.05, 0) is 46.9 Å². The van der Waals surface area contributed by atoms with Gasteiger partial charge in [0.25, 0.3) is 0 Å². The van der Waals surface area contributed by atoms with E-state index in [1.165, 1.54) is 18.2 Å².